The number of hydrogen-bond donors (Lipinski definition) is 3. The highest BCUT2D eigenvalue weighted by Crippen LogP contribution is 2.37. The Morgan fingerprint density at radius 1 is 0.776 bits per heavy atom. The van der Waals surface area contributed by atoms with Crippen molar-refractivity contribution < 1.29 is 38.0 Å². The van der Waals surface area contributed by atoms with Crippen LogP contribution in [0.25, 0.3) is 11.1 Å². The first-order valence-electron chi connectivity index (χ1n) is 27.7. The van der Waals surface area contributed by atoms with Crippen molar-refractivity contribution in [3.63, 3.8) is 0 Å². The number of nitriles is 1. The molecule has 4 aromatic rings. The molecule has 1 saturated carbocycles. The molecular weight excluding hydrogens is 963 g/mol. The summed E-state index contributed by atoms with van der Waals surface area (Å²) in [5.74, 6) is 3.68. The van der Waals surface area contributed by atoms with Crippen molar-refractivity contribution in [3.8, 4) is 34.4 Å². The van der Waals surface area contributed by atoms with Crippen LogP contribution in [0.4, 0.5) is 17.2 Å². The van der Waals surface area contributed by atoms with Crippen molar-refractivity contribution in [1.82, 2.24) is 30.3 Å². The Morgan fingerprint density at radius 2 is 1.49 bits per heavy atom. The second-order valence-electron chi connectivity index (χ2n) is 20.6. The number of anilines is 3. The highest BCUT2D eigenvalue weighted by Gasteiger charge is 2.44. The summed E-state index contributed by atoms with van der Waals surface area (Å²) in [5, 5.41) is 19.2. The van der Waals surface area contributed by atoms with Crippen molar-refractivity contribution in [2.24, 2.45) is 11.8 Å². The smallest absolute Gasteiger partial charge is 0.245 e. The second-order valence-corrected chi connectivity index (χ2v) is 20.6. The fourth-order valence-electron chi connectivity index (χ4n) is 11.0. The Bertz CT molecular complexity index is 2500. The van der Waals surface area contributed by atoms with Gasteiger partial charge < -0.3 is 64.0 Å². The number of likely N-dealkylation sites (N-methyl/N-ethyl adjacent to an activating group) is 2. The minimum absolute atomic E-state index is 0.0933. The largest absolute Gasteiger partial charge is 0.496 e. The van der Waals surface area contributed by atoms with E-state index in [1.807, 2.05) is 49.4 Å². The van der Waals surface area contributed by atoms with E-state index in [0.717, 1.165) is 131 Å². The van der Waals surface area contributed by atoms with Gasteiger partial charge in [0.2, 0.25) is 11.8 Å². The summed E-state index contributed by atoms with van der Waals surface area (Å²) in [6.07, 6.45) is 10.3. The van der Waals surface area contributed by atoms with E-state index in [2.05, 4.69) is 71.8 Å². The third kappa shape index (κ3) is 15.8. The number of benzene rings is 3. The van der Waals surface area contributed by atoms with Crippen molar-refractivity contribution in [2.45, 2.75) is 76.4 Å². The predicted molar refractivity (Wildman–Crippen MR) is 296 cm³/mol. The summed E-state index contributed by atoms with van der Waals surface area (Å²) in [6.45, 7) is 12.8. The summed E-state index contributed by atoms with van der Waals surface area (Å²) >= 11 is 0. The Morgan fingerprint density at radius 3 is 2.20 bits per heavy atom. The summed E-state index contributed by atoms with van der Waals surface area (Å²) in [7, 11) is 5.55. The fourth-order valence-corrected chi connectivity index (χ4v) is 11.0. The molecule has 3 aromatic carbocycles. The second kappa shape index (κ2) is 28.9. The average molecular weight is 1040 g/mol. The van der Waals surface area contributed by atoms with Gasteiger partial charge in [-0.25, -0.2) is 4.98 Å². The van der Waals surface area contributed by atoms with Crippen LogP contribution in [0.3, 0.4) is 0 Å². The molecule has 0 unspecified atom stereocenters. The number of methoxy groups -OCH3 is 1. The molecule has 3 saturated heterocycles. The first-order valence-corrected chi connectivity index (χ1v) is 27.7. The van der Waals surface area contributed by atoms with E-state index < -0.39 is 6.04 Å². The molecule has 17 nitrogen and oxygen atoms in total. The number of aromatic nitrogens is 1. The molecular formula is C59H81N9O8. The number of hydrogen-bond acceptors (Lipinski definition) is 15. The zero-order valence-corrected chi connectivity index (χ0v) is 45.3. The Balaban J connectivity index is 0.695. The standard InChI is InChI=1S/C59H81N9O8/c1-43(61-2)58(69)64-57(47-8-6-5-7-9-47)59(70)68-25-21-46-20-24-66(42-53(46)68)23-19-44-10-14-50(15-11-44)75-36-34-73-32-30-72-31-33-74-35-37-76-55-40-49(13-16-52(55)67-28-26-65(3)27-29-67)63-56-39-48(18-22-62-56)51-38-45(41-60)12-17-54(51)71-4/h10-18,22,38-40,43,46-47,53,57,61H,5-9,19-21,23-37,42H2,1-4H3,(H,62,63)(H,64,69)/t43-,46-,53-,57-/m0/s1. The predicted octanol–water partition coefficient (Wildman–Crippen LogP) is 6.77. The van der Waals surface area contributed by atoms with E-state index in [4.69, 9.17) is 28.4 Å². The number of piperazine rings is 1. The lowest BCUT2D eigenvalue weighted by Crippen LogP contribution is -2.58. The fraction of sp³-hybridized carbons (Fsp3) is 0.559. The van der Waals surface area contributed by atoms with Crippen LogP contribution in [0, 0.1) is 23.2 Å². The number of carbonyl (C=O) groups excluding carboxylic acids is 2. The highest BCUT2D eigenvalue weighted by molar-refractivity contribution is 5.90. The maximum atomic E-state index is 14.3. The molecule has 3 N–H and O–H groups in total. The van der Waals surface area contributed by atoms with E-state index in [1.165, 1.54) is 12.0 Å². The molecule has 2 amide bonds. The Labute approximate surface area is 450 Å². The summed E-state index contributed by atoms with van der Waals surface area (Å²) in [6, 6.07) is 25.3. The molecule has 4 aliphatic rings. The highest BCUT2D eigenvalue weighted by atomic mass is 16.6. The number of likely N-dealkylation sites (tertiary alicyclic amines) is 2. The van der Waals surface area contributed by atoms with E-state index in [0.29, 0.717) is 75.9 Å². The number of fused-ring (bicyclic) bond motifs is 1. The van der Waals surface area contributed by atoms with Crippen molar-refractivity contribution >= 4 is 29.0 Å². The SMILES string of the molecule is CN[C@@H](C)C(=O)N[C@H](C(=O)N1CC[C@@H]2CCN(CCc3ccc(OCCOCCOCCOCCOc4cc(Nc5cc(-c6cc(C#N)ccc6OC)ccn5)ccc4N4CCN(C)CC4)cc3)C[C@@H]21)C1CCCCC1. The molecule has 4 atom stereocenters. The minimum Gasteiger partial charge on any atom is -0.496 e. The van der Waals surface area contributed by atoms with Gasteiger partial charge in [-0.1, -0.05) is 31.4 Å². The zero-order chi connectivity index (χ0) is 53.1. The molecule has 410 valence electrons. The first kappa shape index (κ1) is 56.2. The summed E-state index contributed by atoms with van der Waals surface area (Å²) in [5.41, 5.74) is 5.38. The number of amides is 2. The van der Waals surface area contributed by atoms with E-state index >= 15 is 0 Å². The van der Waals surface area contributed by atoms with Gasteiger partial charge in [0.25, 0.3) is 0 Å². The van der Waals surface area contributed by atoms with Gasteiger partial charge in [0.15, 0.2) is 0 Å². The first-order chi connectivity index (χ1) is 37.2. The summed E-state index contributed by atoms with van der Waals surface area (Å²) in [4.78, 5) is 41.2. The molecule has 1 aliphatic carbocycles. The molecule has 17 heteroatoms. The lowest BCUT2D eigenvalue weighted by molar-refractivity contribution is -0.140. The van der Waals surface area contributed by atoms with Gasteiger partial charge in [0.05, 0.1) is 70.1 Å². The minimum atomic E-state index is -0.441. The average Bonchev–Trinajstić information content (AvgIpc) is 3.89. The lowest BCUT2D eigenvalue weighted by atomic mass is 9.83. The van der Waals surface area contributed by atoms with Crippen LogP contribution in [-0.2, 0) is 30.2 Å². The van der Waals surface area contributed by atoms with Crippen LogP contribution in [-0.4, -0.2) is 176 Å². The molecule has 4 fully saturated rings. The van der Waals surface area contributed by atoms with Crippen molar-refractivity contribution in [2.75, 3.05) is 137 Å². The van der Waals surface area contributed by atoms with Gasteiger partial charge in [-0.15, -0.1) is 0 Å². The van der Waals surface area contributed by atoms with Crippen LogP contribution < -0.4 is 35.1 Å². The number of ether oxygens (including phenoxy) is 6. The van der Waals surface area contributed by atoms with Crippen LogP contribution >= 0.6 is 0 Å². The van der Waals surface area contributed by atoms with E-state index in [1.54, 1.807) is 32.5 Å². The van der Waals surface area contributed by atoms with Gasteiger partial charge in [-0.2, -0.15) is 5.26 Å². The number of rotatable bonds is 27. The quantitative estimate of drug-likeness (QED) is 0.0534. The number of nitrogens with zero attached hydrogens (tertiary/aromatic N) is 6. The molecule has 76 heavy (non-hydrogen) atoms. The van der Waals surface area contributed by atoms with Gasteiger partial charge in [0.1, 0.15) is 42.3 Å². The molecule has 8 rings (SSSR count). The zero-order valence-electron chi connectivity index (χ0n) is 45.3. The van der Waals surface area contributed by atoms with Crippen LogP contribution in [0.15, 0.2) is 79.0 Å². The monoisotopic (exact) mass is 1040 g/mol. The van der Waals surface area contributed by atoms with Crippen LogP contribution in [0.1, 0.15) is 63.0 Å². The lowest BCUT2D eigenvalue weighted by Gasteiger charge is -2.41. The van der Waals surface area contributed by atoms with Crippen molar-refractivity contribution in [1.29, 1.82) is 5.26 Å². The molecule has 1 aromatic heterocycles. The summed E-state index contributed by atoms with van der Waals surface area (Å²) < 4.78 is 35.3. The van der Waals surface area contributed by atoms with E-state index in [-0.39, 0.29) is 29.8 Å². The van der Waals surface area contributed by atoms with Gasteiger partial charge in [0, 0.05) is 75.4 Å². The maximum Gasteiger partial charge on any atom is 0.245 e. The van der Waals surface area contributed by atoms with E-state index in [9.17, 15) is 14.9 Å². The number of carbonyl (C=O) groups is 2. The molecule has 0 spiro atoms. The van der Waals surface area contributed by atoms with Gasteiger partial charge in [-0.3, -0.25) is 9.59 Å². The Hall–Kier alpha value is -6.00. The normalized spacial score (nSPS) is 19.1. The number of piperidine rings is 1. The number of pyridine rings is 1. The molecule has 0 bridgehead atoms. The third-order valence-corrected chi connectivity index (χ3v) is 15.6. The molecule has 0 radical (unpaired) electrons. The number of nitrogens with one attached hydrogen (secondary N) is 3. The van der Waals surface area contributed by atoms with Gasteiger partial charge in [-0.05, 0) is 137 Å². The third-order valence-electron chi connectivity index (χ3n) is 15.6. The molecule has 4 heterocycles. The van der Waals surface area contributed by atoms with Crippen LogP contribution in [0.5, 0.6) is 17.2 Å². The topological polar surface area (TPSA) is 175 Å². The maximum absolute atomic E-state index is 14.3. The van der Waals surface area contributed by atoms with Gasteiger partial charge >= 0.3 is 0 Å². The van der Waals surface area contributed by atoms with Crippen molar-refractivity contribution in [3.05, 3.63) is 90.1 Å². The van der Waals surface area contributed by atoms with Crippen LogP contribution in [0.2, 0.25) is 0 Å². The molecule has 3 aliphatic heterocycles. The Kier molecular flexibility index (Phi) is 21.4.